The molecular weight excluding hydrogens is 194 g/mol. The monoisotopic (exact) mass is 213 g/mol. The summed E-state index contributed by atoms with van der Waals surface area (Å²) in [7, 11) is 0. The van der Waals surface area contributed by atoms with Crippen LogP contribution in [-0.2, 0) is 14.3 Å². The van der Waals surface area contributed by atoms with E-state index in [0.29, 0.717) is 19.4 Å². The summed E-state index contributed by atoms with van der Waals surface area (Å²) in [4.78, 5) is 23.6. The maximum atomic E-state index is 11.8. The zero-order valence-corrected chi connectivity index (χ0v) is 9.25. The fourth-order valence-electron chi connectivity index (χ4n) is 2.22. The molecule has 0 aromatic heterocycles. The van der Waals surface area contributed by atoms with Gasteiger partial charge in [0.15, 0.2) is 5.78 Å². The second-order valence-corrected chi connectivity index (χ2v) is 3.99. The molecule has 4 nitrogen and oxygen atoms in total. The van der Waals surface area contributed by atoms with Gasteiger partial charge in [0.25, 0.3) is 0 Å². The molecule has 0 heterocycles. The van der Waals surface area contributed by atoms with Gasteiger partial charge in [-0.05, 0) is 19.8 Å². The number of Topliss-reactive ketones (excluding diaryl/α,β-unsaturated/α-hetero) is 1. The lowest BCUT2D eigenvalue weighted by atomic mass is 9.71. The van der Waals surface area contributed by atoms with Crippen molar-refractivity contribution in [1.82, 2.24) is 0 Å². The van der Waals surface area contributed by atoms with E-state index in [4.69, 9.17) is 10.5 Å². The van der Waals surface area contributed by atoms with Crippen molar-refractivity contribution in [3.8, 4) is 0 Å². The molecule has 1 rings (SSSR count). The first-order chi connectivity index (χ1) is 7.17. The van der Waals surface area contributed by atoms with Gasteiger partial charge in [-0.15, -0.1) is 0 Å². The van der Waals surface area contributed by atoms with Gasteiger partial charge in [0.05, 0.1) is 13.2 Å². The van der Waals surface area contributed by atoms with Crippen LogP contribution in [0.5, 0.6) is 0 Å². The number of nitrogens with two attached hydrogens (primary N) is 1. The van der Waals surface area contributed by atoms with Crippen LogP contribution in [0.15, 0.2) is 0 Å². The Labute approximate surface area is 90.2 Å². The highest BCUT2D eigenvalue weighted by molar-refractivity contribution is 6.04. The van der Waals surface area contributed by atoms with Crippen LogP contribution in [0.25, 0.3) is 0 Å². The minimum absolute atomic E-state index is 0.0706. The van der Waals surface area contributed by atoms with Crippen LogP contribution in [-0.4, -0.2) is 24.9 Å². The average molecular weight is 213 g/mol. The molecule has 0 radical (unpaired) electrons. The average Bonchev–Trinajstić information content (AvgIpc) is 2.29. The molecule has 1 aliphatic carbocycles. The summed E-state index contributed by atoms with van der Waals surface area (Å²) in [6.45, 7) is 2.00. The van der Waals surface area contributed by atoms with Gasteiger partial charge in [0, 0.05) is 0 Å². The first-order valence-electron chi connectivity index (χ1n) is 5.58. The highest BCUT2D eigenvalue weighted by atomic mass is 16.5. The molecule has 0 amide bonds. The Kier molecular flexibility index (Phi) is 4.27. The van der Waals surface area contributed by atoms with Gasteiger partial charge in [0.1, 0.15) is 5.41 Å². The van der Waals surface area contributed by atoms with E-state index in [-0.39, 0.29) is 18.3 Å². The molecule has 0 atom stereocenters. The van der Waals surface area contributed by atoms with Crippen LogP contribution in [0.1, 0.15) is 39.0 Å². The Morgan fingerprint density at radius 1 is 1.27 bits per heavy atom. The van der Waals surface area contributed by atoms with Crippen molar-refractivity contribution in [3.63, 3.8) is 0 Å². The molecule has 0 saturated heterocycles. The number of rotatable bonds is 4. The van der Waals surface area contributed by atoms with Crippen LogP contribution in [0.4, 0.5) is 0 Å². The van der Waals surface area contributed by atoms with Crippen LogP contribution >= 0.6 is 0 Å². The smallest absolute Gasteiger partial charge is 0.319 e. The summed E-state index contributed by atoms with van der Waals surface area (Å²) in [5.41, 5.74) is 4.44. The van der Waals surface area contributed by atoms with Crippen LogP contribution in [0.2, 0.25) is 0 Å². The van der Waals surface area contributed by atoms with Gasteiger partial charge in [-0.2, -0.15) is 0 Å². The fourth-order valence-corrected chi connectivity index (χ4v) is 2.22. The van der Waals surface area contributed by atoms with Crippen molar-refractivity contribution in [1.29, 1.82) is 0 Å². The van der Waals surface area contributed by atoms with Gasteiger partial charge in [-0.25, -0.2) is 0 Å². The minimum Gasteiger partial charge on any atom is -0.465 e. The lowest BCUT2D eigenvalue weighted by Crippen LogP contribution is -2.45. The molecule has 0 aromatic carbocycles. The standard InChI is InChI=1S/C11H19NO3/c1-2-15-10(14)11(9(13)8-12)6-4-3-5-7-11/h2-8,12H2,1H3. The number of ether oxygens (including phenoxy) is 1. The first kappa shape index (κ1) is 12.2. The Balaban J connectivity index is 2.84. The molecule has 1 fully saturated rings. The van der Waals surface area contributed by atoms with Crippen molar-refractivity contribution in [3.05, 3.63) is 0 Å². The Hall–Kier alpha value is -0.900. The summed E-state index contributed by atoms with van der Waals surface area (Å²) < 4.78 is 4.99. The highest BCUT2D eigenvalue weighted by Gasteiger charge is 2.46. The number of carbonyl (C=O) groups is 2. The number of ketones is 1. The van der Waals surface area contributed by atoms with Crippen molar-refractivity contribution in [2.24, 2.45) is 11.1 Å². The molecule has 15 heavy (non-hydrogen) atoms. The summed E-state index contributed by atoms with van der Waals surface area (Å²) in [6, 6.07) is 0. The number of carbonyl (C=O) groups excluding carboxylic acids is 2. The third kappa shape index (κ3) is 2.37. The van der Waals surface area contributed by atoms with E-state index in [2.05, 4.69) is 0 Å². The minimum atomic E-state index is -0.928. The molecule has 1 saturated carbocycles. The van der Waals surface area contributed by atoms with Crippen molar-refractivity contribution >= 4 is 11.8 Å². The van der Waals surface area contributed by atoms with Crippen LogP contribution in [0, 0.1) is 5.41 Å². The lowest BCUT2D eigenvalue weighted by Gasteiger charge is -2.32. The molecule has 4 heteroatoms. The van der Waals surface area contributed by atoms with Crippen molar-refractivity contribution in [2.75, 3.05) is 13.2 Å². The van der Waals surface area contributed by atoms with E-state index in [9.17, 15) is 9.59 Å². The van der Waals surface area contributed by atoms with Gasteiger partial charge in [-0.1, -0.05) is 19.3 Å². The first-order valence-corrected chi connectivity index (χ1v) is 5.58. The molecule has 0 spiro atoms. The second-order valence-electron chi connectivity index (χ2n) is 3.99. The largest absolute Gasteiger partial charge is 0.465 e. The van der Waals surface area contributed by atoms with Gasteiger partial charge < -0.3 is 10.5 Å². The third-order valence-electron chi connectivity index (χ3n) is 3.09. The molecule has 0 unspecified atom stereocenters. The van der Waals surface area contributed by atoms with E-state index in [0.717, 1.165) is 19.3 Å². The summed E-state index contributed by atoms with van der Waals surface area (Å²) in [5, 5.41) is 0. The normalized spacial score (nSPS) is 19.6. The third-order valence-corrected chi connectivity index (χ3v) is 3.09. The number of hydrogen-bond acceptors (Lipinski definition) is 4. The SMILES string of the molecule is CCOC(=O)C1(C(=O)CN)CCCCC1. The summed E-state index contributed by atoms with van der Waals surface area (Å²) >= 11 is 0. The highest BCUT2D eigenvalue weighted by Crippen LogP contribution is 2.38. The van der Waals surface area contributed by atoms with E-state index >= 15 is 0 Å². The zero-order valence-electron chi connectivity index (χ0n) is 9.25. The molecular formula is C11H19NO3. The molecule has 0 aromatic rings. The molecule has 86 valence electrons. The van der Waals surface area contributed by atoms with E-state index in [1.165, 1.54) is 0 Å². The van der Waals surface area contributed by atoms with Crippen molar-refractivity contribution in [2.45, 2.75) is 39.0 Å². The Morgan fingerprint density at radius 3 is 2.33 bits per heavy atom. The van der Waals surface area contributed by atoms with Gasteiger partial charge >= 0.3 is 5.97 Å². The number of hydrogen-bond donors (Lipinski definition) is 1. The zero-order chi connectivity index (χ0) is 11.3. The quantitative estimate of drug-likeness (QED) is 0.559. The maximum Gasteiger partial charge on any atom is 0.319 e. The maximum absolute atomic E-state index is 11.8. The van der Waals surface area contributed by atoms with Gasteiger partial charge in [-0.3, -0.25) is 9.59 Å². The Bertz CT molecular complexity index is 244. The molecule has 2 N–H and O–H groups in total. The van der Waals surface area contributed by atoms with Crippen molar-refractivity contribution < 1.29 is 14.3 Å². The second kappa shape index (κ2) is 5.26. The van der Waals surface area contributed by atoms with E-state index in [1.807, 2.05) is 0 Å². The molecule has 0 aliphatic heterocycles. The Morgan fingerprint density at radius 2 is 1.87 bits per heavy atom. The predicted octanol–water partition coefficient (Wildman–Crippen LogP) is 1.03. The lowest BCUT2D eigenvalue weighted by molar-refractivity contribution is -0.162. The van der Waals surface area contributed by atoms with Crippen LogP contribution in [0.3, 0.4) is 0 Å². The topological polar surface area (TPSA) is 69.4 Å². The summed E-state index contributed by atoms with van der Waals surface area (Å²) in [6.07, 6.45) is 4.10. The van der Waals surface area contributed by atoms with E-state index in [1.54, 1.807) is 6.92 Å². The predicted molar refractivity (Wildman–Crippen MR) is 56.2 cm³/mol. The number of esters is 1. The summed E-state index contributed by atoms with van der Waals surface area (Å²) in [5.74, 6) is -0.541. The fraction of sp³-hybridized carbons (Fsp3) is 0.818. The van der Waals surface area contributed by atoms with Gasteiger partial charge in [0.2, 0.25) is 0 Å². The molecule has 1 aliphatic rings. The van der Waals surface area contributed by atoms with Crippen LogP contribution < -0.4 is 5.73 Å². The van der Waals surface area contributed by atoms with E-state index < -0.39 is 5.41 Å². The molecule has 0 bridgehead atoms.